The molecule has 1 aromatic rings. The van der Waals surface area contributed by atoms with Crippen molar-refractivity contribution >= 4 is 26.3 Å². The number of benzene rings is 1. The van der Waals surface area contributed by atoms with Gasteiger partial charge in [0.25, 0.3) is 0 Å². The van der Waals surface area contributed by atoms with Crippen molar-refractivity contribution in [3.05, 3.63) is 24.3 Å². The fourth-order valence-electron chi connectivity index (χ4n) is 1.29. The minimum absolute atomic E-state index is 0.0772. The Labute approximate surface area is 111 Å². The van der Waals surface area contributed by atoms with E-state index >= 15 is 0 Å². The first-order valence-electron chi connectivity index (χ1n) is 5.60. The molecule has 102 valence electrons. The van der Waals surface area contributed by atoms with Crippen LogP contribution in [0.2, 0.25) is 0 Å². The maximum absolute atomic E-state index is 12.0. The largest absolute Gasteiger partial charge is 0.398 e. The highest BCUT2D eigenvalue weighted by molar-refractivity contribution is 7.94. The van der Waals surface area contributed by atoms with E-state index in [0.717, 1.165) is 0 Å². The van der Waals surface area contributed by atoms with Gasteiger partial charge in [0.15, 0.2) is 9.84 Å². The van der Waals surface area contributed by atoms with Gasteiger partial charge in [-0.05, 0) is 32.9 Å². The minimum Gasteiger partial charge on any atom is -0.398 e. The molecule has 1 atom stereocenters. The van der Waals surface area contributed by atoms with Crippen molar-refractivity contribution in [3.8, 4) is 0 Å². The molecule has 0 bridgehead atoms. The Morgan fingerprint density at radius 3 is 2.28 bits per heavy atom. The van der Waals surface area contributed by atoms with Gasteiger partial charge in [0, 0.05) is 11.4 Å². The van der Waals surface area contributed by atoms with E-state index in [2.05, 4.69) is 0 Å². The zero-order chi connectivity index (χ0) is 14.0. The van der Waals surface area contributed by atoms with Crippen LogP contribution in [0.4, 0.5) is 5.69 Å². The molecule has 0 aliphatic carbocycles. The van der Waals surface area contributed by atoms with Crippen molar-refractivity contribution in [1.29, 1.82) is 0 Å². The van der Waals surface area contributed by atoms with Gasteiger partial charge in [-0.15, -0.1) is 0 Å². The second-order valence-corrected chi connectivity index (χ2v) is 9.42. The average Bonchev–Trinajstić information content (AvgIpc) is 2.25. The summed E-state index contributed by atoms with van der Waals surface area (Å²) >= 11 is 0. The first kappa shape index (κ1) is 15.2. The summed E-state index contributed by atoms with van der Waals surface area (Å²) in [6, 6.07) is 6.81. The molecule has 2 N–H and O–H groups in total. The molecule has 0 fully saturated rings. The Morgan fingerprint density at radius 2 is 1.78 bits per heavy atom. The number of sulfone groups is 1. The average molecular weight is 289 g/mol. The Balaban J connectivity index is 2.78. The maximum atomic E-state index is 12.0. The quantitative estimate of drug-likeness (QED) is 0.854. The number of para-hydroxylation sites is 1. The summed E-state index contributed by atoms with van der Waals surface area (Å²) in [4.78, 5) is 0.501. The molecule has 0 heterocycles. The molecule has 0 aromatic heterocycles. The molecule has 0 spiro atoms. The summed E-state index contributed by atoms with van der Waals surface area (Å²) in [6.07, 6.45) is 0. The van der Waals surface area contributed by atoms with Crippen LogP contribution in [-0.2, 0) is 20.6 Å². The smallest absolute Gasteiger partial charge is 0.156 e. The van der Waals surface area contributed by atoms with E-state index < -0.39 is 25.4 Å². The van der Waals surface area contributed by atoms with Gasteiger partial charge < -0.3 is 5.73 Å². The van der Waals surface area contributed by atoms with Crippen molar-refractivity contribution in [2.24, 2.45) is 0 Å². The highest BCUT2D eigenvalue weighted by Crippen LogP contribution is 2.19. The number of rotatable bonds is 4. The predicted octanol–water partition coefficient (Wildman–Crippen LogP) is 1.59. The van der Waals surface area contributed by atoms with Gasteiger partial charge in [0.1, 0.15) is 0 Å². The predicted molar refractivity (Wildman–Crippen MR) is 75.7 cm³/mol. The lowest BCUT2D eigenvalue weighted by atomic mass is 10.3. The Hall–Kier alpha value is -0.880. The third-order valence-electron chi connectivity index (χ3n) is 2.63. The molecule has 0 aliphatic heterocycles. The van der Waals surface area contributed by atoms with Gasteiger partial charge in [-0.2, -0.15) is 0 Å². The molecule has 0 amide bonds. The molecular weight excluding hydrogens is 270 g/mol. The first-order chi connectivity index (χ1) is 8.15. The number of hydrogen-bond acceptors (Lipinski definition) is 4. The maximum Gasteiger partial charge on any atom is 0.156 e. The van der Waals surface area contributed by atoms with Crippen molar-refractivity contribution in [1.82, 2.24) is 0 Å². The molecule has 6 heteroatoms. The minimum atomic E-state index is -3.25. The molecule has 1 unspecified atom stereocenters. The molecule has 18 heavy (non-hydrogen) atoms. The van der Waals surface area contributed by atoms with Gasteiger partial charge in [0.05, 0.1) is 26.2 Å². The second-order valence-electron chi connectivity index (χ2n) is 5.02. The van der Waals surface area contributed by atoms with Crippen molar-refractivity contribution in [3.63, 3.8) is 0 Å². The number of hydrogen-bond donors (Lipinski definition) is 1. The zero-order valence-electron chi connectivity index (χ0n) is 10.8. The lowest BCUT2D eigenvalue weighted by Crippen LogP contribution is -2.32. The van der Waals surface area contributed by atoms with Crippen molar-refractivity contribution in [2.45, 2.75) is 30.4 Å². The Kier molecular flexibility index (Phi) is 4.55. The van der Waals surface area contributed by atoms with Gasteiger partial charge in [-0.3, -0.25) is 4.21 Å². The zero-order valence-corrected chi connectivity index (χ0v) is 12.5. The standard InChI is InChI=1S/C12H19NO3S2/c1-12(2,3)18(15,16)9-8-17(14)11-7-5-4-6-10(11)13/h4-7H,8-9,13H2,1-3H3. The molecule has 1 aromatic carbocycles. The van der Waals surface area contributed by atoms with E-state index in [1.165, 1.54) is 0 Å². The summed E-state index contributed by atoms with van der Waals surface area (Å²) in [5.41, 5.74) is 6.14. The topological polar surface area (TPSA) is 77.2 Å². The summed E-state index contributed by atoms with van der Waals surface area (Å²) in [5, 5.41) is 0. The molecule has 0 saturated heterocycles. The van der Waals surface area contributed by atoms with E-state index in [1.807, 2.05) is 0 Å². The van der Waals surface area contributed by atoms with Gasteiger partial charge >= 0.3 is 0 Å². The van der Waals surface area contributed by atoms with E-state index in [1.54, 1.807) is 45.0 Å². The first-order valence-corrected chi connectivity index (χ1v) is 8.57. The Bertz CT molecular complexity index is 545. The second kappa shape index (κ2) is 5.40. The van der Waals surface area contributed by atoms with Gasteiger partial charge in [0.2, 0.25) is 0 Å². The summed E-state index contributed by atoms with van der Waals surface area (Å²) in [7, 11) is -4.63. The van der Waals surface area contributed by atoms with E-state index in [4.69, 9.17) is 5.73 Å². The highest BCUT2D eigenvalue weighted by atomic mass is 32.2. The fourth-order valence-corrected chi connectivity index (χ4v) is 4.17. The van der Waals surface area contributed by atoms with Crippen LogP contribution in [0.15, 0.2) is 29.2 Å². The molecule has 0 aliphatic rings. The van der Waals surface area contributed by atoms with Crippen LogP contribution in [0.1, 0.15) is 20.8 Å². The summed E-state index contributed by atoms with van der Waals surface area (Å²) in [6.45, 7) is 4.92. The van der Waals surface area contributed by atoms with Gasteiger partial charge in [-0.25, -0.2) is 8.42 Å². The number of nitrogens with two attached hydrogens (primary N) is 1. The van der Waals surface area contributed by atoms with E-state index in [-0.39, 0.29) is 11.5 Å². The SMILES string of the molecule is CC(C)(C)S(=O)(=O)CCS(=O)c1ccccc1N. The van der Waals surface area contributed by atoms with Crippen LogP contribution in [0.25, 0.3) is 0 Å². The normalized spacial score (nSPS) is 14.4. The van der Waals surface area contributed by atoms with Crippen LogP contribution in [0, 0.1) is 0 Å². The Morgan fingerprint density at radius 1 is 1.22 bits per heavy atom. The lowest BCUT2D eigenvalue weighted by molar-refractivity contribution is 0.561. The third-order valence-corrected chi connectivity index (χ3v) is 6.94. The van der Waals surface area contributed by atoms with Gasteiger partial charge in [-0.1, -0.05) is 12.1 Å². The number of nitrogen functional groups attached to an aromatic ring is 1. The number of anilines is 1. The molecule has 0 saturated carbocycles. The van der Waals surface area contributed by atoms with E-state index in [0.29, 0.717) is 10.6 Å². The van der Waals surface area contributed by atoms with E-state index in [9.17, 15) is 12.6 Å². The van der Waals surface area contributed by atoms with Crippen LogP contribution < -0.4 is 5.73 Å². The molecular formula is C12H19NO3S2. The summed E-state index contributed by atoms with van der Waals surface area (Å²) in [5.74, 6) is -0.0226. The van der Waals surface area contributed by atoms with Crippen LogP contribution in [0.5, 0.6) is 0 Å². The molecule has 0 radical (unpaired) electrons. The highest BCUT2D eigenvalue weighted by Gasteiger charge is 2.29. The van der Waals surface area contributed by atoms with Crippen molar-refractivity contribution in [2.75, 3.05) is 17.2 Å². The lowest BCUT2D eigenvalue weighted by Gasteiger charge is -2.18. The van der Waals surface area contributed by atoms with Crippen LogP contribution in [-0.4, -0.2) is 28.9 Å². The fraction of sp³-hybridized carbons (Fsp3) is 0.500. The molecule has 4 nitrogen and oxygen atoms in total. The van der Waals surface area contributed by atoms with Crippen LogP contribution in [0.3, 0.4) is 0 Å². The van der Waals surface area contributed by atoms with Crippen molar-refractivity contribution < 1.29 is 12.6 Å². The van der Waals surface area contributed by atoms with Crippen LogP contribution >= 0.6 is 0 Å². The third kappa shape index (κ3) is 3.55. The summed E-state index contributed by atoms with van der Waals surface area (Å²) < 4.78 is 35.0. The molecule has 1 rings (SSSR count). The monoisotopic (exact) mass is 289 g/mol.